The fourth-order valence-corrected chi connectivity index (χ4v) is 5.23. The number of thioether (sulfide) groups is 1. The van der Waals surface area contributed by atoms with E-state index in [-0.39, 0.29) is 24.4 Å². The Morgan fingerprint density at radius 1 is 1.11 bits per heavy atom. The minimum absolute atomic E-state index is 0. The van der Waals surface area contributed by atoms with Crippen LogP contribution in [0, 0.1) is 0 Å². The van der Waals surface area contributed by atoms with Crippen molar-refractivity contribution in [1.82, 2.24) is 4.90 Å². The molecule has 4 nitrogen and oxygen atoms in total. The van der Waals surface area contributed by atoms with Crippen molar-refractivity contribution in [2.45, 2.75) is 35.4 Å². The topological polar surface area (TPSA) is 49.6 Å². The summed E-state index contributed by atoms with van der Waals surface area (Å²) in [4.78, 5) is 18.6. The Labute approximate surface area is 177 Å². The number of nitrogens with two attached hydrogens (primary N) is 1. The number of halogens is 1. The Bertz CT molecular complexity index is 803. The predicted molar refractivity (Wildman–Crippen MR) is 120 cm³/mol. The molecule has 2 N–H and O–H groups in total. The van der Waals surface area contributed by atoms with Crippen molar-refractivity contribution in [3.8, 4) is 0 Å². The molecule has 0 saturated carbocycles. The van der Waals surface area contributed by atoms with Gasteiger partial charge >= 0.3 is 0 Å². The van der Waals surface area contributed by atoms with Gasteiger partial charge < -0.3 is 10.6 Å². The van der Waals surface area contributed by atoms with Crippen molar-refractivity contribution in [2.24, 2.45) is 5.73 Å². The fraction of sp³-hybridized carbons (Fsp3) is 0.409. The van der Waals surface area contributed by atoms with Gasteiger partial charge in [-0.05, 0) is 24.1 Å². The fourth-order valence-electron chi connectivity index (χ4n) is 4.12. The van der Waals surface area contributed by atoms with Gasteiger partial charge in [-0.2, -0.15) is 0 Å². The second kappa shape index (κ2) is 9.31. The van der Waals surface area contributed by atoms with E-state index in [2.05, 4.69) is 54.3 Å². The van der Waals surface area contributed by atoms with E-state index in [4.69, 9.17) is 5.73 Å². The Hall–Kier alpha value is -1.53. The molecule has 0 spiro atoms. The molecule has 0 bridgehead atoms. The second-order valence-electron chi connectivity index (χ2n) is 7.61. The van der Waals surface area contributed by atoms with Gasteiger partial charge in [0.05, 0.1) is 12.2 Å². The Kier molecular flexibility index (Phi) is 7.05. The maximum Gasteiger partial charge on any atom is 0.241 e. The minimum atomic E-state index is 0. The number of likely N-dealkylation sites (tertiary alicyclic amines) is 1. The second-order valence-corrected chi connectivity index (χ2v) is 9.09. The maximum absolute atomic E-state index is 13.2. The van der Waals surface area contributed by atoms with Crippen LogP contribution in [0.15, 0.2) is 59.5 Å². The number of hydrogen-bond donors (Lipinski definition) is 1. The molecule has 2 aromatic carbocycles. The molecule has 2 aliphatic heterocycles. The Balaban J connectivity index is 0.00000225. The number of carbonyl (C=O) groups is 1. The van der Waals surface area contributed by atoms with E-state index in [1.807, 2.05) is 28.8 Å². The highest BCUT2D eigenvalue weighted by Gasteiger charge is 2.33. The molecule has 1 saturated heterocycles. The summed E-state index contributed by atoms with van der Waals surface area (Å²) < 4.78 is 0. The van der Waals surface area contributed by atoms with Crippen LogP contribution in [0.2, 0.25) is 0 Å². The van der Waals surface area contributed by atoms with Gasteiger partial charge in [0.25, 0.3) is 0 Å². The molecule has 1 fully saturated rings. The van der Waals surface area contributed by atoms with E-state index in [0.717, 1.165) is 31.7 Å². The van der Waals surface area contributed by atoms with Crippen molar-refractivity contribution >= 4 is 35.8 Å². The number of fused-ring (bicyclic) bond motifs is 1. The third kappa shape index (κ3) is 4.54. The van der Waals surface area contributed by atoms with Crippen molar-refractivity contribution < 1.29 is 4.79 Å². The highest BCUT2D eigenvalue weighted by Crippen LogP contribution is 2.37. The van der Waals surface area contributed by atoms with Crippen LogP contribution < -0.4 is 10.6 Å². The van der Waals surface area contributed by atoms with Crippen molar-refractivity contribution in [1.29, 1.82) is 0 Å². The van der Waals surface area contributed by atoms with E-state index in [1.54, 1.807) is 0 Å². The summed E-state index contributed by atoms with van der Waals surface area (Å²) in [7, 11) is 0. The first-order chi connectivity index (χ1) is 13.1. The molecular weight excluding hydrogens is 390 g/mol. The van der Waals surface area contributed by atoms with Crippen LogP contribution in [0.4, 0.5) is 5.69 Å². The smallest absolute Gasteiger partial charge is 0.241 e. The van der Waals surface area contributed by atoms with Crippen LogP contribution in [-0.4, -0.2) is 48.3 Å². The zero-order valence-corrected chi connectivity index (χ0v) is 17.8. The normalized spacial score (nSPS) is 24.9. The predicted octanol–water partition coefficient (Wildman–Crippen LogP) is 3.75. The number of amides is 1. The quantitative estimate of drug-likeness (QED) is 0.826. The van der Waals surface area contributed by atoms with Crippen molar-refractivity contribution in [2.75, 3.05) is 31.1 Å². The first-order valence-corrected chi connectivity index (χ1v) is 10.6. The molecule has 28 heavy (non-hydrogen) atoms. The van der Waals surface area contributed by atoms with E-state index in [0.29, 0.717) is 17.7 Å². The van der Waals surface area contributed by atoms with Crippen LogP contribution in [0.1, 0.15) is 24.8 Å². The largest absolute Gasteiger partial charge is 0.326 e. The molecule has 2 aromatic rings. The number of rotatable bonds is 3. The standard InChI is InChI=1S/C22H27N3OS.ClH/c1-16-11-12-25(20-9-5-6-10-21(20)27-16)22(26)15-24-13-18(19(23)14-24)17-7-3-2-4-8-17;/h2-10,16,18-19H,11-15,23H2,1H3;1H/t16?,18-,19+;/m0./s1. The van der Waals surface area contributed by atoms with Crippen molar-refractivity contribution in [3.63, 3.8) is 0 Å². The third-order valence-electron chi connectivity index (χ3n) is 5.57. The van der Waals surface area contributed by atoms with Crippen LogP contribution in [0.5, 0.6) is 0 Å². The molecule has 4 rings (SSSR count). The number of hydrogen-bond acceptors (Lipinski definition) is 4. The molecule has 1 unspecified atom stereocenters. The molecule has 3 atom stereocenters. The van der Waals surface area contributed by atoms with E-state index < -0.39 is 0 Å². The molecule has 1 amide bonds. The number of nitrogens with zero attached hydrogens (tertiary/aromatic N) is 2. The maximum atomic E-state index is 13.2. The van der Waals surface area contributed by atoms with Crippen LogP contribution >= 0.6 is 24.2 Å². The van der Waals surface area contributed by atoms with E-state index in [9.17, 15) is 4.79 Å². The number of anilines is 1. The summed E-state index contributed by atoms with van der Waals surface area (Å²) in [6.45, 7) is 5.07. The molecule has 6 heteroatoms. The van der Waals surface area contributed by atoms with Crippen molar-refractivity contribution in [3.05, 3.63) is 60.2 Å². The highest BCUT2D eigenvalue weighted by molar-refractivity contribution is 8.00. The zero-order chi connectivity index (χ0) is 18.8. The van der Waals surface area contributed by atoms with Gasteiger partial charge in [0.15, 0.2) is 0 Å². The molecule has 0 aromatic heterocycles. The SMILES string of the molecule is CC1CCN(C(=O)CN2C[C@@H](N)[C@H](c3ccccc3)C2)c2ccccc2S1.Cl. The molecule has 150 valence electrons. The molecule has 2 aliphatic rings. The third-order valence-corrected chi connectivity index (χ3v) is 6.81. The first-order valence-electron chi connectivity index (χ1n) is 9.71. The van der Waals surface area contributed by atoms with Crippen LogP contribution in [0.25, 0.3) is 0 Å². The summed E-state index contributed by atoms with van der Waals surface area (Å²) in [5.74, 6) is 0.476. The van der Waals surface area contributed by atoms with Gasteiger partial charge in [-0.1, -0.05) is 49.4 Å². The lowest BCUT2D eigenvalue weighted by atomic mass is 9.95. The van der Waals surface area contributed by atoms with Gasteiger partial charge in [-0.25, -0.2) is 0 Å². The van der Waals surface area contributed by atoms with Gasteiger partial charge in [0.1, 0.15) is 0 Å². The summed E-state index contributed by atoms with van der Waals surface area (Å²) >= 11 is 1.87. The monoisotopic (exact) mass is 417 g/mol. The molecular formula is C22H28ClN3OS. The minimum Gasteiger partial charge on any atom is -0.326 e. The average molecular weight is 418 g/mol. The molecule has 0 radical (unpaired) electrons. The number of benzene rings is 2. The van der Waals surface area contributed by atoms with Gasteiger partial charge in [-0.3, -0.25) is 9.69 Å². The lowest BCUT2D eigenvalue weighted by molar-refractivity contribution is -0.119. The first kappa shape index (κ1) is 21.2. The van der Waals surface area contributed by atoms with E-state index >= 15 is 0 Å². The zero-order valence-electron chi connectivity index (χ0n) is 16.2. The van der Waals surface area contributed by atoms with E-state index in [1.165, 1.54) is 10.5 Å². The molecule has 0 aliphatic carbocycles. The summed E-state index contributed by atoms with van der Waals surface area (Å²) in [5.41, 5.74) is 8.73. The lowest BCUT2D eigenvalue weighted by Gasteiger charge is -2.25. The van der Waals surface area contributed by atoms with Crippen LogP contribution in [0.3, 0.4) is 0 Å². The average Bonchev–Trinajstić information content (AvgIpc) is 2.94. The number of carbonyl (C=O) groups excluding carboxylic acids is 1. The summed E-state index contributed by atoms with van der Waals surface area (Å²) in [6.07, 6.45) is 1.01. The van der Waals surface area contributed by atoms with Gasteiger partial charge in [-0.15, -0.1) is 24.2 Å². The summed E-state index contributed by atoms with van der Waals surface area (Å²) in [5, 5.41) is 0.520. The van der Waals surface area contributed by atoms with Gasteiger partial charge in [0.2, 0.25) is 5.91 Å². The lowest BCUT2D eigenvalue weighted by Crippen LogP contribution is -2.41. The highest BCUT2D eigenvalue weighted by atomic mass is 35.5. The van der Waals surface area contributed by atoms with Crippen LogP contribution in [-0.2, 0) is 4.79 Å². The Morgan fingerprint density at radius 3 is 2.61 bits per heavy atom. The number of para-hydroxylation sites is 1. The summed E-state index contributed by atoms with van der Waals surface area (Å²) in [6, 6.07) is 18.8. The molecule has 2 heterocycles. The Morgan fingerprint density at radius 2 is 1.82 bits per heavy atom. The van der Waals surface area contributed by atoms with Gasteiger partial charge in [0, 0.05) is 41.7 Å².